The van der Waals surface area contributed by atoms with Crippen molar-refractivity contribution in [2.75, 3.05) is 25.0 Å². The summed E-state index contributed by atoms with van der Waals surface area (Å²) in [5, 5.41) is 11.0. The number of para-hydroxylation sites is 2. The predicted molar refractivity (Wildman–Crippen MR) is 136 cm³/mol. The molecule has 0 spiro atoms. The molecule has 1 aliphatic heterocycles. The number of guanidine groups is 1. The second-order valence-corrected chi connectivity index (χ2v) is 7.47. The summed E-state index contributed by atoms with van der Waals surface area (Å²) in [7, 11) is 1.73. The molecule has 4 rings (SSSR count). The topological polar surface area (TPSA) is 66.7 Å². The van der Waals surface area contributed by atoms with Gasteiger partial charge >= 0.3 is 6.61 Å². The van der Waals surface area contributed by atoms with E-state index in [1.54, 1.807) is 31.4 Å². The van der Waals surface area contributed by atoms with Crippen molar-refractivity contribution in [2.45, 2.75) is 25.6 Å². The summed E-state index contributed by atoms with van der Waals surface area (Å²) in [6.45, 7) is -0.805. The van der Waals surface area contributed by atoms with Gasteiger partial charge in [0.05, 0.1) is 11.4 Å². The summed E-state index contributed by atoms with van der Waals surface area (Å²) in [5.41, 5.74) is 2.80. The number of halogens is 3. The van der Waals surface area contributed by atoms with Crippen LogP contribution in [0.2, 0.25) is 0 Å². The summed E-state index contributed by atoms with van der Waals surface area (Å²) in [6, 6.07) is 17.1. The van der Waals surface area contributed by atoms with Gasteiger partial charge in [0.1, 0.15) is 5.75 Å². The second-order valence-electron chi connectivity index (χ2n) is 7.47. The first-order chi connectivity index (χ1) is 15.6. The number of hydrogen-bond donors (Lipinski definition) is 2. The maximum absolute atomic E-state index is 12.7. The van der Waals surface area contributed by atoms with Crippen LogP contribution in [0.5, 0.6) is 5.75 Å². The number of nitrogens with zero attached hydrogens (tertiary/aromatic N) is 4. The van der Waals surface area contributed by atoms with Crippen molar-refractivity contribution >= 4 is 35.6 Å². The molecule has 3 aromatic rings. The molecule has 0 bridgehead atoms. The molecule has 1 unspecified atom stereocenters. The Hall–Kier alpha value is -2.89. The fourth-order valence-electron chi connectivity index (χ4n) is 3.77. The van der Waals surface area contributed by atoms with E-state index >= 15 is 0 Å². The van der Waals surface area contributed by atoms with Crippen LogP contribution >= 0.6 is 24.0 Å². The van der Waals surface area contributed by atoms with Crippen LogP contribution in [0.4, 0.5) is 14.5 Å². The molecule has 0 saturated carbocycles. The molecule has 2 heterocycles. The van der Waals surface area contributed by atoms with Crippen LogP contribution < -0.4 is 20.3 Å². The van der Waals surface area contributed by atoms with Gasteiger partial charge in [-0.2, -0.15) is 13.9 Å². The third-order valence-corrected chi connectivity index (χ3v) is 5.34. The number of ether oxygens (including phenoxy) is 1. The number of hydrogen-bond acceptors (Lipinski definition) is 4. The zero-order valence-electron chi connectivity index (χ0n) is 18.2. The van der Waals surface area contributed by atoms with E-state index in [4.69, 9.17) is 0 Å². The third-order valence-electron chi connectivity index (χ3n) is 5.34. The van der Waals surface area contributed by atoms with Gasteiger partial charge in [-0.05, 0) is 42.3 Å². The molecule has 1 fully saturated rings. The minimum Gasteiger partial charge on any atom is -0.433 e. The summed E-state index contributed by atoms with van der Waals surface area (Å²) in [4.78, 5) is 6.37. The normalized spacial score (nSPS) is 15.9. The highest BCUT2D eigenvalue weighted by Gasteiger charge is 2.26. The van der Waals surface area contributed by atoms with E-state index in [0.717, 1.165) is 24.2 Å². The lowest BCUT2D eigenvalue weighted by Gasteiger charge is -2.22. The first-order valence-electron chi connectivity index (χ1n) is 10.5. The van der Waals surface area contributed by atoms with Crippen molar-refractivity contribution in [3.8, 4) is 11.4 Å². The Labute approximate surface area is 208 Å². The van der Waals surface area contributed by atoms with Crippen LogP contribution in [-0.2, 0) is 6.54 Å². The molecular weight excluding hydrogens is 541 g/mol. The number of aliphatic imine (C=N–C) groups is 1. The third kappa shape index (κ3) is 6.56. The fourth-order valence-corrected chi connectivity index (χ4v) is 3.77. The Morgan fingerprint density at radius 1 is 1.18 bits per heavy atom. The zero-order chi connectivity index (χ0) is 22.3. The van der Waals surface area contributed by atoms with Crippen LogP contribution in [0, 0.1) is 0 Å². The van der Waals surface area contributed by atoms with Crippen LogP contribution in [0.25, 0.3) is 5.69 Å². The van der Waals surface area contributed by atoms with Gasteiger partial charge in [0.15, 0.2) is 5.96 Å². The highest BCUT2D eigenvalue weighted by atomic mass is 127. The first kappa shape index (κ1) is 24.7. The molecule has 0 radical (unpaired) electrons. The van der Waals surface area contributed by atoms with Gasteiger partial charge in [0.25, 0.3) is 0 Å². The summed E-state index contributed by atoms with van der Waals surface area (Å²) >= 11 is 0. The quantitative estimate of drug-likeness (QED) is 0.256. The fraction of sp³-hybridized carbons (Fsp3) is 0.304. The monoisotopic (exact) mass is 568 g/mol. The number of benzene rings is 2. The van der Waals surface area contributed by atoms with E-state index in [-0.39, 0.29) is 35.8 Å². The zero-order valence-corrected chi connectivity index (χ0v) is 20.5. The molecule has 176 valence electrons. The number of aromatic nitrogens is 2. The predicted octanol–water partition coefficient (Wildman–Crippen LogP) is 4.04. The number of nitrogens with one attached hydrogen (secondary N) is 2. The SMILES string of the molecule is CN=C(NCc1ccc(-n2cccn2)cc1)NC1CCN(c2ccccc2OC(F)F)C1.I. The number of rotatable bonds is 7. The minimum atomic E-state index is -2.84. The molecule has 1 saturated heterocycles. The average Bonchev–Trinajstić information content (AvgIpc) is 3.49. The summed E-state index contributed by atoms with van der Waals surface area (Å²) in [5.74, 6) is 0.898. The standard InChI is InChI=1S/C23H26F2N6O.HI/c1-26-23(27-15-17-7-9-19(10-8-17)31-13-4-12-28-31)29-18-11-14-30(16-18)20-5-2-3-6-21(20)32-22(24)25;/h2-10,12-13,18,22H,11,14-16H2,1H3,(H2,26,27,29);1H. The van der Waals surface area contributed by atoms with Crippen LogP contribution in [0.3, 0.4) is 0 Å². The van der Waals surface area contributed by atoms with Crippen LogP contribution in [-0.4, -0.2) is 48.5 Å². The lowest BCUT2D eigenvalue weighted by Crippen LogP contribution is -2.44. The van der Waals surface area contributed by atoms with Crippen molar-refractivity contribution in [1.29, 1.82) is 0 Å². The molecule has 0 aliphatic carbocycles. The average molecular weight is 568 g/mol. The van der Waals surface area contributed by atoms with E-state index in [9.17, 15) is 8.78 Å². The van der Waals surface area contributed by atoms with Crippen molar-refractivity contribution in [3.05, 3.63) is 72.6 Å². The molecule has 2 aromatic carbocycles. The van der Waals surface area contributed by atoms with E-state index in [2.05, 4.69) is 42.5 Å². The van der Waals surface area contributed by atoms with Gasteiger partial charge in [-0.25, -0.2) is 4.68 Å². The van der Waals surface area contributed by atoms with Gasteiger partial charge in [-0.15, -0.1) is 24.0 Å². The lowest BCUT2D eigenvalue weighted by atomic mass is 10.2. The smallest absolute Gasteiger partial charge is 0.387 e. The number of anilines is 1. The molecule has 1 aliphatic rings. The Morgan fingerprint density at radius 2 is 1.97 bits per heavy atom. The van der Waals surface area contributed by atoms with Gasteiger partial charge < -0.3 is 20.3 Å². The largest absolute Gasteiger partial charge is 0.433 e. The molecule has 7 nitrogen and oxygen atoms in total. The molecular formula is C23H27F2IN6O. The van der Waals surface area contributed by atoms with E-state index in [1.807, 2.05) is 35.1 Å². The van der Waals surface area contributed by atoms with E-state index < -0.39 is 6.61 Å². The van der Waals surface area contributed by atoms with Crippen molar-refractivity contribution in [2.24, 2.45) is 4.99 Å². The Bertz CT molecular complexity index is 1030. The van der Waals surface area contributed by atoms with E-state index in [1.165, 1.54) is 0 Å². The molecule has 0 amide bonds. The number of alkyl halides is 2. The summed E-state index contributed by atoms with van der Waals surface area (Å²) < 4.78 is 31.9. The summed E-state index contributed by atoms with van der Waals surface area (Å²) in [6.07, 6.45) is 4.52. The van der Waals surface area contributed by atoms with Crippen molar-refractivity contribution in [3.63, 3.8) is 0 Å². The maximum atomic E-state index is 12.7. The Balaban J connectivity index is 0.00000306. The molecule has 2 N–H and O–H groups in total. The highest BCUT2D eigenvalue weighted by Crippen LogP contribution is 2.31. The first-order valence-corrected chi connectivity index (χ1v) is 10.5. The maximum Gasteiger partial charge on any atom is 0.387 e. The Morgan fingerprint density at radius 3 is 2.67 bits per heavy atom. The minimum absolute atomic E-state index is 0. The van der Waals surface area contributed by atoms with Gasteiger partial charge in [0, 0.05) is 45.1 Å². The van der Waals surface area contributed by atoms with Crippen LogP contribution in [0.15, 0.2) is 72.0 Å². The molecule has 33 heavy (non-hydrogen) atoms. The Kier molecular flexibility index (Phi) is 8.87. The second kappa shape index (κ2) is 11.8. The molecule has 1 aromatic heterocycles. The van der Waals surface area contributed by atoms with Crippen LogP contribution in [0.1, 0.15) is 12.0 Å². The highest BCUT2D eigenvalue weighted by molar-refractivity contribution is 14.0. The lowest BCUT2D eigenvalue weighted by molar-refractivity contribution is -0.0495. The van der Waals surface area contributed by atoms with Crippen molar-refractivity contribution < 1.29 is 13.5 Å². The van der Waals surface area contributed by atoms with Crippen molar-refractivity contribution in [1.82, 2.24) is 20.4 Å². The molecule has 10 heteroatoms. The van der Waals surface area contributed by atoms with E-state index in [0.29, 0.717) is 24.7 Å². The van der Waals surface area contributed by atoms with Gasteiger partial charge in [0.2, 0.25) is 0 Å². The molecule has 1 atom stereocenters. The van der Waals surface area contributed by atoms with Gasteiger partial charge in [-0.3, -0.25) is 4.99 Å². The van der Waals surface area contributed by atoms with Gasteiger partial charge in [-0.1, -0.05) is 24.3 Å².